The van der Waals surface area contributed by atoms with Crippen molar-refractivity contribution in [1.29, 1.82) is 0 Å². The second-order valence-electron chi connectivity index (χ2n) is 8.65. The lowest BCUT2D eigenvalue weighted by atomic mass is 9.96. The maximum Gasteiger partial charge on any atom is 0.340 e. The predicted octanol–water partition coefficient (Wildman–Crippen LogP) is 5.05. The van der Waals surface area contributed by atoms with Crippen LogP contribution in [-0.2, 0) is 16.0 Å². The van der Waals surface area contributed by atoms with E-state index in [-0.39, 0.29) is 27.8 Å². The zero-order chi connectivity index (χ0) is 26.3. The monoisotopic (exact) mass is 496 g/mol. The highest BCUT2D eigenvalue weighted by Crippen LogP contribution is 2.32. The molecular formula is C29H24N2O6. The number of carbonyl (C=O) groups is 2. The summed E-state index contributed by atoms with van der Waals surface area (Å²) >= 11 is 0. The highest BCUT2D eigenvalue weighted by Gasteiger charge is 2.28. The van der Waals surface area contributed by atoms with Crippen LogP contribution in [0, 0.1) is 13.8 Å². The number of hydrogen-bond donors (Lipinski definition) is 0. The number of para-hydroxylation sites is 1. The Hall–Kier alpha value is -4.72. The third-order valence-electron chi connectivity index (χ3n) is 6.52. The number of methoxy groups -OCH3 is 2. The molecule has 8 heteroatoms. The van der Waals surface area contributed by atoms with Crippen LogP contribution < -0.4 is 5.43 Å². The first-order valence-corrected chi connectivity index (χ1v) is 11.6. The van der Waals surface area contributed by atoms with Gasteiger partial charge >= 0.3 is 11.9 Å². The fourth-order valence-electron chi connectivity index (χ4n) is 4.81. The predicted molar refractivity (Wildman–Crippen MR) is 139 cm³/mol. The van der Waals surface area contributed by atoms with Gasteiger partial charge in [0.15, 0.2) is 5.58 Å². The van der Waals surface area contributed by atoms with E-state index in [0.29, 0.717) is 28.9 Å². The maximum absolute atomic E-state index is 14.1. The first-order chi connectivity index (χ1) is 17.9. The van der Waals surface area contributed by atoms with Gasteiger partial charge in [0, 0.05) is 11.9 Å². The number of benzene rings is 2. The number of hydrogen-bond acceptors (Lipinski definition) is 7. The van der Waals surface area contributed by atoms with E-state index in [1.807, 2.05) is 59.2 Å². The summed E-state index contributed by atoms with van der Waals surface area (Å²) < 4.78 is 17.8. The molecular weight excluding hydrogens is 472 g/mol. The van der Waals surface area contributed by atoms with Gasteiger partial charge in [-0.25, -0.2) is 9.59 Å². The van der Waals surface area contributed by atoms with Crippen LogP contribution in [0.4, 0.5) is 0 Å². The van der Waals surface area contributed by atoms with E-state index in [4.69, 9.17) is 13.9 Å². The Morgan fingerprint density at radius 2 is 1.57 bits per heavy atom. The lowest BCUT2D eigenvalue weighted by Gasteiger charge is -2.15. The van der Waals surface area contributed by atoms with Gasteiger partial charge in [0.25, 0.3) is 0 Å². The van der Waals surface area contributed by atoms with Crippen LogP contribution in [0.3, 0.4) is 0 Å². The van der Waals surface area contributed by atoms with E-state index in [1.165, 1.54) is 20.5 Å². The van der Waals surface area contributed by atoms with Crippen molar-refractivity contribution in [2.75, 3.05) is 14.2 Å². The minimum atomic E-state index is -0.727. The Bertz CT molecular complexity index is 1750. The lowest BCUT2D eigenvalue weighted by Crippen LogP contribution is -2.19. The summed E-state index contributed by atoms with van der Waals surface area (Å²) in [5, 5.41) is 0.798. The first kappa shape index (κ1) is 24.0. The molecule has 0 atom stereocenters. The third kappa shape index (κ3) is 3.87. The van der Waals surface area contributed by atoms with Gasteiger partial charge in [-0.3, -0.25) is 9.78 Å². The molecule has 0 aliphatic rings. The van der Waals surface area contributed by atoms with Gasteiger partial charge < -0.3 is 18.5 Å². The van der Waals surface area contributed by atoms with Gasteiger partial charge in [0.05, 0.1) is 47.8 Å². The fraction of sp³-hybridized carbons (Fsp3) is 0.172. The number of carbonyl (C=O) groups excluding carboxylic acids is 2. The third-order valence-corrected chi connectivity index (χ3v) is 6.52. The molecule has 3 heterocycles. The molecule has 0 unspecified atom stereocenters. The van der Waals surface area contributed by atoms with Gasteiger partial charge in [0.2, 0.25) is 5.43 Å². The van der Waals surface area contributed by atoms with Crippen molar-refractivity contribution in [3.05, 3.63) is 99.0 Å². The summed E-state index contributed by atoms with van der Waals surface area (Å²) in [5.41, 5.74) is 3.26. The number of pyridine rings is 1. The fourth-order valence-corrected chi connectivity index (χ4v) is 4.81. The van der Waals surface area contributed by atoms with Crippen LogP contribution in [-0.4, -0.2) is 35.7 Å². The summed E-state index contributed by atoms with van der Waals surface area (Å²) in [4.78, 5) is 43.9. The number of esters is 2. The number of rotatable bonds is 5. The zero-order valence-electron chi connectivity index (χ0n) is 20.8. The number of aryl methyl sites for hydroxylation is 1. The number of aromatic nitrogens is 2. The molecule has 0 aliphatic heterocycles. The standard InChI is InChI=1S/C29H24N2O6/c1-16-22(28(33)35-3)17(2)30-24(23(16)29(34)36-4)20-15-37-27-19-12-8-9-13-21(19)31(25(27)26(20)32)14-18-10-6-5-7-11-18/h5-13,15H,14H2,1-4H3. The van der Waals surface area contributed by atoms with Gasteiger partial charge in [-0.05, 0) is 37.1 Å². The molecule has 0 bridgehead atoms. The summed E-state index contributed by atoms with van der Waals surface area (Å²) in [5.74, 6) is -1.36. The lowest BCUT2D eigenvalue weighted by molar-refractivity contribution is 0.0596. The molecule has 0 spiro atoms. The van der Waals surface area contributed by atoms with Gasteiger partial charge in [-0.1, -0.05) is 42.5 Å². The molecule has 3 aromatic heterocycles. The average molecular weight is 497 g/mol. The molecule has 5 rings (SSSR count). The molecule has 0 radical (unpaired) electrons. The van der Waals surface area contributed by atoms with Gasteiger partial charge in [-0.15, -0.1) is 0 Å². The van der Waals surface area contributed by atoms with Crippen LogP contribution >= 0.6 is 0 Å². The molecule has 0 saturated carbocycles. The van der Waals surface area contributed by atoms with Crippen molar-refractivity contribution in [2.24, 2.45) is 0 Å². The van der Waals surface area contributed by atoms with Crippen molar-refractivity contribution in [3.63, 3.8) is 0 Å². The molecule has 0 N–H and O–H groups in total. The maximum atomic E-state index is 14.1. The van der Waals surface area contributed by atoms with Gasteiger partial charge in [0.1, 0.15) is 11.8 Å². The Balaban J connectivity index is 1.84. The highest BCUT2D eigenvalue weighted by molar-refractivity contribution is 6.06. The van der Waals surface area contributed by atoms with Crippen LogP contribution in [0.5, 0.6) is 0 Å². The van der Waals surface area contributed by atoms with Crippen LogP contribution in [0.25, 0.3) is 33.3 Å². The van der Waals surface area contributed by atoms with Crippen LogP contribution in [0.2, 0.25) is 0 Å². The average Bonchev–Trinajstić information content (AvgIpc) is 3.22. The Kier molecular flexibility index (Phi) is 6.09. The summed E-state index contributed by atoms with van der Waals surface area (Å²) in [6, 6.07) is 17.4. The van der Waals surface area contributed by atoms with Crippen molar-refractivity contribution in [3.8, 4) is 11.3 Å². The number of ether oxygens (including phenoxy) is 2. The molecule has 2 aromatic carbocycles. The molecule has 8 nitrogen and oxygen atoms in total. The summed E-state index contributed by atoms with van der Waals surface area (Å²) in [7, 11) is 2.48. The summed E-state index contributed by atoms with van der Waals surface area (Å²) in [6.07, 6.45) is 1.31. The Morgan fingerprint density at radius 1 is 0.919 bits per heavy atom. The Morgan fingerprint density at radius 3 is 2.27 bits per heavy atom. The second-order valence-corrected chi connectivity index (χ2v) is 8.65. The van der Waals surface area contributed by atoms with Gasteiger partial charge in [-0.2, -0.15) is 0 Å². The van der Waals surface area contributed by atoms with Crippen LogP contribution in [0.1, 0.15) is 37.5 Å². The minimum absolute atomic E-state index is 0.00544. The molecule has 0 fully saturated rings. The molecule has 0 amide bonds. The normalized spacial score (nSPS) is 11.1. The molecule has 0 saturated heterocycles. The minimum Gasteiger partial charge on any atom is -0.465 e. The number of fused-ring (bicyclic) bond motifs is 3. The quantitative estimate of drug-likeness (QED) is 0.314. The second kappa shape index (κ2) is 9.39. The molecule has 37 heavy (non-hydrogen) atoms. The largest absolute Gasteiger partial charge is 0.465 e. The molecule has 5 aromatic rings. The van der Waals surface area contributed by atoms with E-state index >= 15 is 0 Å². The van der Waals surface area contributed by atoms with E-state index in [1.54, 1.807) is 13.8 Å². The van der Waals surface area contributed by atoms with Crippen molar-refractivity contribution in [1.82, 2.24) is 9.55 Å². The van der Waals surface area contributed by atoms with Crippen molar-refractivity contribution >= 4 is 33.9 Å². The highest BCUT2D eigenvalue weighted by atomic mass is 16.5. The zero-order valence-corrected chi connectivity index (χ0v) is 20.8. The van der Waals surface area contributed by atoms with E-state index in [2.05, 4.69) is 4.98 Å². The Labute approximate surface area is 212 Å². The SMILES string of the molecule is COC(=O)c1c(C)nc(-c2coc3c4ccccc4n(Cc4ccccc4)c3c2=O)c(C(=O)OC)c1C. The summed E-state index contributed by atoms with van der Waals surface area (Å²) in [6.45, 7) is 3.66. The molecule has 0 aliphatic carbocycles. The van der Waals surface area contributed by atoms with Crippen LogP contribution in [0.15, 0.2) is 70.1 Å². The van der Waals surface area contributed by atoms with Crippen molar-refractivity contribution in [2.45, 2.75) is 20.4 Å². The van der Waals surface area contributed by atoms with Crippen molar-refractivity contribution < 1.29 is 23.5 Å². The smallest absolute Gasteiger partial charge is 0.340 e. The van der Waals surface area contributed by atoms with E-state index in [0.717, 1.165) is 16.5 Å². The van der Waals surface area contributed by atoms with E-state index in [9.17, 15) is 14.4 Å². The number of nitrogens with zero attached hydrogens (tertiary/aromatic N) is 2. The topological polar surface area (TPSA) is 101 Å². The van der Waals surface area contributed by atoms with E-state index < -0.39 is 11.9 Å². The first-order valence-electron chi connectivity index (χ1n) is 11.6. The molecule has 186 valence electrons.